The normalized spacial score (nSPS) is 12.1. The van der Waals surface area contributed by atoms with Crippen molar-refractivity contribution in [3.63, 3.8) is 0 Å². The molecule has 0 saturated heterocycles. The van der Waals surface area contributed by atoms with Crippen LogP contribution in [0.25, 0.3) is 0 Å². The van der Waals surface area contributed by atoms with Crippen molar-refractivity contribution in [1.29, 1.82) is 0 Å². The van der Waals surface area contributed by atoms with Gasteiger partial charge >= 0.3 is 0 Å². The van der Waals surface area contributed by atoms with Gasteiger partial charge in [0.1, 0.15) is 0 Å². The monoisotopic (exact) mass is 303 g/mol. The Kier molecular flexibility index (Phi) is 4.82. The van der Waals surface area contributed by atoms with Crippen molar-refractivity contribution in [2.75, 3.05) is 5.32 Å². The molecule has 0 heterocycles. The predicted octanol–water partition coefficient (Wildman–Crippen LogP) is 4.88. The summed E-state index contributed by atoms with van der Waals surface area (Å²) >= 11 is 3.50. The highest BCUT2D eigenvalue weighted by molar-refractivity contribution is 9.10. The van der Waals surface area contributed by atoms with Gasteiger partial charge in [0.2, 0.25) is 0 Å². The molecule has 0 radical (unpaired) electrons. The molecule has 0 aromatic heterocycles. The Balaban J connectivity index is 2.01. The first-order chi connectivity index (χ1) is 8.78. The second-order valence-electron chi connectivity index (χ2n) is 4.45. The first kappa shape index (κ1) is 13.2. The summed E-state index contributed by atoms with van der Waals surface area (Å²) in [6, 6.07) is 19.4. The lowest BCUT2D eigenvalue weighted by Crippen LogP contribution is -2.21. The summed E-state index contributed by atoms with van der Waals surface area (Å²) < 4.78 is 1.11. The van der Waals surface area contributed by atoms with Crippen LogP contribution in [0.2, 0.25) is 0 Å². The number of hydrogen-bond donors (Lipinski definition) is 1. The molecule has 1 atom stereocenters. The summed E-state index contributed by atoms with van der Waals surface area (Å²) in [5.74, 6) is 0. The fourth-order valence-electron chi connectivity index (χ4n) is 2.01. The van der Waals surface area contributed by atoms with Gasteiger partial charge < -0.3 is 5.32 Å². The van der Waals surface area contributed by atoms with E-state index in [0.717, 1.165) is 17.3 Å². The molecule has 2 rings (SSSR count). The van der Waals surface area contributed by atoms with E-state index in [0.29, 0.717) is 6.04 Å². The van der Waals surface area contributed by atoms with E-state index in [1.807, 2.05) is 6.07 Å². The van der Waals surface area contributed by atoms with Crippen LogP contribution in [0.15, 0.2) is 59.1 Å². The van der Waals surface area contributed by atoms with Crippen LogP contribution in [0.3, 0.4) is 0 Å². The van der Waals surface area contributed by atoms with Gasteiger partial charge in [0.25, 0.3) is 0 Å². The summed E-state index contributed by atoms with van der Waals surface area (Å²) in [5.41, 5.74) is 2.55. The van der Waals surface area contributed by atoms with Crippen LogP contribution in [0.5, 0.6) is 0 Å². The van der Waals surface area contributed by atoms with Crippen molar-refractivity contribution in [3.05, 3.63) is 64.6 Å². The number of rotatable bonds is 5. The third-order valence-electron chi connectivity index (χ3n) is 3.01. The molecule has 0 spiro atoms. The maximum atomic E-state index is 3.59. The number of halogens is 1. The summed E-state index contributed by atoms with van der Waals surface area (Å²) in [7, 11) is 0. The molecule has 0 aliphatic rings. The molecule has 0 bridgehead atoms. The van der Waals surface area contributed by atoms with Gasteiger partial charge in [0, 0.05) is 16.2 Å². The van der Waals surface area contributed by atoms with Gasteiger partial charge in [-0.1, -0.05) is 59.3 Å². The van der Waals surface area contributed by atoms with Crippen molar-refractivity contribution in [2.45, 2.75) is 25.8 Å². The van der Waals surface area contributed by atoms with E-state index in [9.17, 15) is 0 Å². The smallest absolute Gasteiger partial charge is 0.0353 e. The zero-order valence-corrected chi connectivity index (χ0v) is 12.2. The minimum atomic E-state index is 0.474. The van der Waals surface area contributed by atoms with Crippen molar-refractivity contribution in [2.24, 2.45) is 0 Å². The zero-order chi connectivity index (χ0) is 12.8. The molecule has 1 N–H and O–H groups in total. The molecular formula is C16H18BrN. The van der Waals surface area contributed by atoms with Gasteiger partial charge in [-0.05, 0) is 36.6 Å². The van der Waals surface area contributed by atoms with Crippen LogP contribution >= 0.6 is 15.9 Å². The Morgan fingerprint density at radius 2 is 1.83 bits per heavy atom. The molecule has 0 amide bonds. The van der Waals surface area contributed by atoms with E-state index in [4.69, 9.17) is 0 Å². The van der Waals surface area contributed by atoms with Gasteiger partial charge in [0.05, 0.1) is 0 Å². The molecule has 2 aromatic carbocycles. The minimum absolute atomic E-state index is 0.474. The van der Waals surface area contributed by atoms with E-state index in [1.165, 1.54) is 11.3 Å². The van der Waals surface area contributed by atoms with E-state index in [1.54, 1.807) is 0 Å². The summed E-state index contributed by atoms with van der Waals surface area (Å²) in [5, 5.41) is 3.59. The van der Waals surface area contributed by atoms with Gasteiger partial charge in [0.15, 0.2) is 0 Å². The molecule has 18 heavy (non-hydrogen) atoms. The molecular weight excluding hydrogens is 286 g/mol. The third kappa shape index (κ3) is 3.88. The first-order valence-electron chi connectivity index (χ1n) is 6.34. The van der Waals surface area contributed by atoms with Crippen LogP contribution in [0.4, 0.5) is 5.69 Å². The summed E-state index contributed by atoms with van der Waals surface area (Å²) in [4.78, 5) is 0. The number of benzene rings is 2. The van der Waals surface area contributed by atoms with Gasteiger partial charge in [-0.25, -0.2) is 0 Å². The van der Waals surface area contributed by atoms with E-state index >= 15 is 0 Å². The van der Waals surface area contributed by atoms with Crippen LogP contribution in [-0.4, -0.2) is 6.04 Å². The molecule has 0 aliphatic carbocycles. The molecule has 1 nitrogen and oxygen atoms in total. The number of hydrogen-bond acceptors (Lipinski definition) is 1. The first-order valence-corrected chi connectivity index (χ1v) is 7.13. The molecule has 2 heteroatoms. The van der Waals surface area contributed by atoms with E-state index < -0.39 is 0 Å². The topological polar surface area (TPSA) is 12.0 Å². The van der Waals surface area contributed by atoms with Crippen molar-refractivity contribution >= 4 is 21.6 Å². The second kappa shape index (κ2) is 6.60. The van der Waals surface area contributed by atoms with E-state index in [-0.39, 0.29) is 0 Å². The summed E-state index contributed by atoms with van der Waals surface area (Å²) in [6.07, 6.45) is 2.17. The Morgan fingerprint density at radius 1 is 1.06 bits per heavy atom. The van der Waals surface area contributed by atoms with Crippen molar-refractivity contribution in [1.82, 2.24) is 0 Å². The van der Waals surface area contributed by atoms with Gasteiger partial charge in [-0.2, -0.15) is 0 Å². The Morgan fingerprint density at radius 3 is 2.50 bits per heavy atom. The minimum Gasteiger partial charge on any atom is -0.382 e. The Bertz CT molecular complexity index is 481. The quantitative estimate of drug-likeness (QED) is 0.830. The van der Waals surface area contributed by atoms with Gasteiger partial charge in [-0.3, -0.25) is 0 Å². The highest BCUT2D eigenvalue weighted by Crippen LogP contribution is 2.18. The third-order valence-corrected chi connectivity index (χ3v) is 3.51. The van der Waals surface area contributed by atoms with E-state index in [2.05, 4.69) is 76.7 Å². The largest absolute Gasteiger partial charge is 0.382 e. The average Bonchev–Trinajstić information content (AvgIpc) is 2.39. The van der Waals surface area contributed by atoms with Crippen LogP contribution in [0.1, 0.15) is 18.9 Å². The summed E-state index contributed by atoms with van der Waals surface area (Å²) in [6.45, 7) is 2.22. The lowest BCUT2D eigenvalue weighted by Gasteiger charge is -2.18. The van der Waals surface area contributed by atoms with Crippen LogP contribution < -0.4 is 5.32 Å². The van der Waals surface area contributed by atoms with Crippen molar-refractivity contribution in [3.8, 4) is 0 Å². The fourth-order valence-corrected chi connectivity index (χ4v) is 2.41. The van der Waals surface area contributed by atoms with Crippen LogP contribution in [-0.2, 0) is 6.42 Å². The molecule has 2 aromatic rings. The Labute approximate surface area is 117 Å². The molecule has 0 saturated carbocycles. The predicted molar refractivity (Wildman–Crippen MR) is 82.0 cm³/mol. The van der Waals surface area contributed by atoms with Crippen LogP contribution in [0, 0.1) is 0 Å². The fraction of sp³-hybridized carbons (Fsp3) is 0.250. The zero-order valence-electron chi connectivity index (χ0n) is 10.6. The maximum absolute atomic E-state index is 3.59. The molecule has 0 aliphatic heterocycles. The lowest BCUT2D eigenvalue weighted by atomic mass is 10.0. The SMILES string of the molecule is CCC(Cc1ccccc1)Nc1cccc(Br)c1. The molecule has 0 fully saturated rings. The van der Waals surface area contributed by atoms with Crippen molar-refractivity contribution < 1.29 is 0 Å². The highest BCUT2D eigenvalue weighted by atomic mass is 79.9. The lowest BCUT2D eigenvalue weighted by molar-refractivity contribution is 0.690. The average molecular weight is 304 g/mol. The standard InChI is InChI=1S/C16H18BrN/c1-2-15(11-13-7-4-3-5-8-13)18-16-10-6-9-14(17)12-16/h3-10,12,15,18H,2,11H2,1H3. The number of anilines is 1. The molecule has 94 valence electrons. The maximum Gasteiger partial charge on any atom is 0.0353 e. The Hall–Kier alpha value is -1.28. The molecule has 1 unspecified atom stereocenters. The number of nitrogens with one attached hydrogen (secondary N) is 1. The second-order valence-corrected chi connectivity index (χ2v) is 5.37. The van der Waals surface area contributed by atoms with Gasteiger partial charge in [-0.15, -0.1) is 0 Å². The highest BCUT2D eigenvalue weighted by Gasteiger charge is 2.07.